The van der Waals surface area contributed by atoms with E-state index >= 15 is 0 Å². The van der Waals surface area contributed by atoms with Crippen LogP contribution in [0.25, 0.3) is 6.08 Å². The van der Waals surface area contributed by atoms with Crippen LogP contribution in [0.5, 0.6) is 5.75 Å². The van der Waals surface area contributed by atoms with Gasteiger partial charge in [-0.2, -0.15) is 0 Å². The van der Waals surface area contributed by atoms with Gasteiger partial charge in [0.05, 0.1) is 13.2 Å². The third kappa shape index (κ3) is 4.32. The van der Waals surface area contributed by atoms with Crippen LogP contribution in [-0.2, 0) is 9.53 Å². The Morgan fingerprint density at radius 2 is 2.00 bits per heavy atom. The predicted octanol–water partition coefficient (Wildman–Crippen LogP) is 3.02. The second-order valence-corrected chi connectivity index (χ2v) is 3.97. The Hall–Kier alpha value is -1.97. The molecular weight excluding hydrogens is 242 g/mol. The lowest BCUT2D eigenvalue weighted by atomic mass is 10.1. The summed E-state index contributed by atoms with van der Waals surface area (Å²) in [6.07, 6.45) is 2.40. The van der Waals surface area contributed by atoms with Gasteiger partial charge in [0.15, 0.2) is 0 Å². The first kappa shape index (κ1) is 15.1. The number of rotatable bonds is 6. The van der Waals surface area contributed by atoms with Gasteiger partial charge < -0.3 is 15.2 Å². The molecule has 0 unspecified atom stereocenters. The van der Waals surface area contributed by atoms with Crippen LogP contribution < -0.4 is 10.5 Å². The number of nitrogens with two attached hydrogens (primary N) is 1. The van der Waals surface area contributed by atoms with Gasteiger partial charge in [0.25, 0.3) is 0 Å². The summed E-state index contributed by atoms with van der Waals surface area (Å²) < 4.78 is 10.5. The maximum Gasteiger partial charge on any atom is 0.333 e. The van der Waals surface area contributed by atoms with Crippen LogP contribution in [-0.4, -0.2) is 19.2 Å². The van der Waals surface area contributed by atoms with E-state index in [2.05, 4.69) is 0 Å². The van der Waals surface area contributed by atoms with Gasteiger partial charge in [-0.15, -0.1) is 0 Å². The highest BCUT2D eigenvalue weighted by atomic mass is 16.5. The Balaban J connectivity index is 3.09. The van der Waals surface area contributed by atoms with Crippen molar-refractivity contribution < 1.29 is 14.3 Å². The molecule has 0 aliphatic heterocycles. The third-order valence-electron chi connectivity index (χ3n) is 2.59. The number of nitrogen functional groups attached to an aromatic ring is 1. The lowest BCUT2D eigenvalue weighted by Gasteiger charge is -2.10. The molecule has 0 heterocycles. The van der Waals surface area contributed by atoms with Crippen molar-refractivity contribution in [3.05, 3.63) is 29.3 Å². The molecule has 0 aliphatic rings. The molecular formula is C15H21NO3. The Morgan fingerprint density at radius 1 is 1.26 bits per heavy atom. The van der Waals surface area contributed by atoms with Crippen molar-refractivity contribution in [1.82, 2.24) is 0 Å². The summed E-state index contributed by atoms with van der Waals surface area (Å²) in [5.41, 5.74) is 7.82. The van der Waals surface area contributed by atoms with Crippen molar-refractivity contribution >= 4 is 17.7 Å². The first-order chi connectivity index (χ1) is 9.12. The Morgan fingerprint density at radius 3 is 2.58 bits per heavy atom. The zero-order valence-corrected chi connectivity index (χ0v) is 11.7. The Labute approximate surface area is 114 Å². The minimum absolute atomic E-state index is 0.288. The van der Waals surface area contributed by atoms with Gasteiger partial charge in [-0.3, -0.25) is 0 Å². The molecule has 1 rings (SSSR count). The number of benzene rings is 1. The third-order valence-corrected chi connectivity index (χ3v) is 2.59. The lowest BCUT2D eigenvalue weighted by Crippen LogP contribution is -2.07. The number of anilines is 1. The highest BCUT2D eigenvalue weighted by Gasteiger charge is 2.10. The molecule has 0 amide bonds. The van der Waals surface area contributed by atoms with Crippen LogP contribution in [0.4, 0.5) is 5.69 Å². The molecule has 19 heavy (non-hydrogen) atoms. The number of carbonyl (C=O) groups excluding carboxylic acids is 1. The fourth-order valence-corrected chi connectivity index (χ4v) is 1.67. The van der Waals surface area contributed by atoms with Gasteiger partial charge in [0.2, 0.25) is 0 Å². The highest BCUT2D eigenvalue weighted by molar-refractivity contribution is 5.94. The predicted molar refractivity (Wildman–Crippen MR) is 76.9 cm³/mol. The van der Waals surface area contributed by atoms with Crippen molar-refractivity contribution in [1.29, 1.82) is 0 Å². The average Bonchev–Trinajstić information content (AvgIpc) is 2.38. The van der Waals surface area contributed by atoms with Crippen molar-refractivity contribution in [2.75, 3.05) is 18.9 Å². The van der Waals surface area contributed by atoms with E-state index in [0.717, 1.165) is 5.56 Å². The molecule has 0 aliphatic carbocycles. The highest BCUT2D eigenvalue weighted by Crippen LogP contribution is 2.25. The maximum absolute atomic E-state index is 11.8. The van der Waals surface area contributed by atoms with E-state index in [1.165, 1.54) is 0 Å². The molecule has 0 aromatic heterocycles. The molecule has 0 saturated heterocycles. The second kappa shape index (κ2) is 7.46. The average molecular weight is 263 g/mol. The fraction of sp³-hybridized carbons (Fsp3) is 0.400. The normalized spacial score (nSPS) is 11.2. The second-order valence-electron chi connectivity index (χ2n) is 3.97. The van der Waals surface area contributed by atoms with Gasteiger partial charge in [0, 0.05) is 22.9 Å². The van der Waals surface area contributed by atoms with Crippen LogP contribution in [0.3, 0.4) is 0 Å². The topological polar surface area (TPSA) is 61.5 Å². The SMILES string of the molecule is CCOC(=O)/C(=C/c1ccc(N)cc1OCC)CC. The summed E-state index contributed by atoms with van der Waals surface area (Å²) in [7, 11) is 0. The number of carbonyl (C=O) groups is 1. The smallest absolute Gasteiger partial charge is 0.333 e. The van der Waals surface area contributed by atoms with Gasteiger partial charge >= 0.3 is 5.97 Å². The van der Waals surface area contributed by atoms with E-state index < -0.39 is 0 Å². The molecule has 4 nitrogen and oxygen atoms in total. The van der Waals surface area contributed by atoms with Gasteiger partial charge in [0.1, 0.15) is 5.75 Å². The minimum atomic E-state index is -0.288. The van der Waals surface area contributed by atoms with Crippen LogP contribution >= 0.6 is 0 Å². The Kier molecular flexibility index (Phi) is 5.93. The van der Waals surface area contributed by atoms with E-state index in [1.807, 2.05) is 19.9 Å². The van der Waals surface area contributed by atoms with Crippen LogP contribution in [0.15, 0.2) is 23.8 Å². The van der Waals surface area contributed by atoms with E-state index in [1.54, 1.807) is 25.1 Å². The number of ether oxygens (including phenoxy) is 2. The molecule has 0 bridgehead atoms. The summed E-state index contributed by atoms with van der Waals surface area (Å²) in [5.74, 6) is 0.391. The van der Waals surface area contributed by atoms with Crippen LogP contribution in [0, 0.1) is 0 Å². The zero-order valence-electron chi connectivity index (χ0n) is 11.7. The van der Waals surface area contributed by atoms with E-state index in [9.17, 15) is 4.79 Å². The maximum atomic E-state index is 11.8. The molecule has 0 fully saturated rings. The standard InChI is InChI=1S/C15H21NO3/c1-4-11(15(17)19-6-3)9-12-7-8-13(16)10-14(12)18-5-2/h7-10H,4-6,16H2,1-3H3/b11-9+. The molecule has 4 heteroatoms. The van der Waals surface area contributed by atoms with Crippen molar-refractivity contribution in [2.45, 2.75) is 27.2 Å². The zero-order chi connectivity index (χ0) is 14.3. The largest absolute Gasteiger partial charge is 0.493 e. The lowest BCUT2D eigenvalue weighted by molar-refractivity contribution is -0.138. The molecule has 0 spiro atoms. The van der Waals surface area contributed by atoms with Gasteiger partial charge in [-0.05, 0) is 38.5 Å². The monoisotopic (exact) mass is 263 g/mol. The van der Waals surface area contributed by atoms with Gasteiger partial charge in [-0.25, -0.2) is 4.79 Å². The number of hydrogen-bond acceptors (Lipinski definition) is 4. The fourth-order valence-electron chi connectivity index (χ4n) is 1.67. The molecule has 0 radical (unpaired) electrons. The molecule has 2 N–H and O–H groups in total. The van der Waals surface area contributed by atoms with Crippen molar-refractivity contribution in [3.63, 3.8) is 0 Å². The van der Waals surface area contributed by atoms with Gasteiger partial charge in [-0.1, -0.05) is 6.92 Å². The van der Waals surface area contributed by atoms with E-state index in [0.29, 0.717) is 36.6 Å². The molecule has 0 saturated carbocycles. The summed E-state index contributed by atoms with van der Waals surface area (Å²) in [4.78, 5) is 11.8. The van der Waals surface area contributed by atoms with Crippen LogP contribution in [0.1, 0.15) is 32.8 Å². The number of esters is 1. The number of hydrogen-bond donors (Lipinski definition) is 1. The van der Waals surface area contributed by atoms with E-state index in [-0.39, 0.29) is 5.97 Å². The molecule has 1 aromatic carbocycles. The Bertz CT molecular complexity index is 466. The van der Waals surface area contributed by atoms with Crippen LogP contribution in [0.2, 0.25) is 0 Å². The summed E-state index contributed by atoms with van der Waals surface area (Å²) in [6, 6.07) is 5.38. The summed E-state index contributed by atoms with van der Waals surface area (Å²) in [5, 5.41) is 0. The first-order valence-corrected chi connectivity index (χ1v) is 6.52. The molecule has 1 aromatic rings. The molecule has 104 valence electrons. The minimum Gasteiger partial charge on any atom is -0.493 e. The van der Waals surface area contributed by atoms with Crippen molar-refractivity contribution in [2.24, 2.45) is 0 Å². The first-order valence-electron chi connectivity index (χ1n) is 6.52. The van der Waals surface area contributed by atoms with E-state index in [4.69, 9.17) is 15.2 Å². The summed E-state index contributed by atoms with van der Waals surface area (Å²) in [6.45, 7) is 6.53. The van der Waals surface area contributed by atoms with Crippen molar-refractivity contribution in [3.8, 4) is 5.75 Å². The summed E-state index contributed by atoms with van der Waals surface area (Å²) >= 11 is 0. The quantitative estimate of drug-likeness (QED) is 0.487. The molecule has 0 atom stereocenters.